The Bertz CT molecular complexity index is 458. The summed E-state index contributed by atoms with van der Waals surface area (Å²) in [7, 11) is 0. The van der Waals surface area contributed by atoms with Gasteiger partial charge in [-0.25, -0.2) is 5.43 Å². The smallest absolute Gasteiger partial charge is 0.322 e. The van der Waals surface area contributed by atoms with Crippen molar-refractivity contribution in [3.8, 4) is 0 Å². The van der Waals surface area contributed by atoms with Crippen LogP contribution in [0.4, 0.5) is 0 Å². The van der Waals surface area contributed by atoms with Crippen molar-refractivity contribution in [2.45, 2.75) is 76.7 Å². The molecule has 0 saturated heterocycles. The number of unbranched alkanes of at least 4 members (excludes halogenated alkanes) is 4. The lowest BCUT2D eigenvalue weighted by atomic mass is 10.1. The number of carboxylic acids is 4. The molecule has 1 atom stereocenters. The van der Waals surface area contributed by atoms with Gasteiger partial charge in [0.1, 0.15) is 6.04 Å². The van der Waals surface area contributed by atoms with Crippen molar-refractivity contribution in [3.05, 3.63) is 0 Å². The van der Waals surface area contributed by atoms with Crippen LogP contribution in [0.5, 0.6) is 0 Å². The predicted octanol–water partition coefficient (Wildman–Crippen LogP) is 1.02. The van der Waals surface area contributed by atoms with Gasteiger partial charge in [-0.1, -0.05) is 6.42 Å². The van der Waals surface area contributed by atoms with Crippen molar-refractivity contribution in [1.82, 2.24) is 10.9 Å². The Morgan fingerprint density at radius 2 is 1.17 bits per heavy atom. The van der Waals surface area contributed by atoms with Crippen LogP contribution < -0.4 is 16.6 Å². The SMILES string of the molecule is NCCCC[C@H](NNCCCCCC(=O)O)C(=O)O.O=C(O)CCCCC(=O)O. The molecule has 0 spiro atoms. The number of hydrogen-bond acceptors (Lipinski definition) is 7. The molecule has 0 aromatic heterocycles. The van der Waals surface area contributed by atoms with Gasteiger partial charge in [-0.05, 0) is 51.5 Å². The normalized spacial score (nSPS) is 11.2. The Kier molecular flexibility index (Phi) is 20.5. The fourth-order valence-corrected chi connectivity index (χ4v) is 2.16. The number of rotatable bonds is 18. The first-order valence-corrected chi connectivity index (χ1v) is 9.77. The molecular weight excluding hydrogens is 386 g/mol. The first-order valence-electron chi connectivity index (χ1n) is 9.77. The number of carbonyl (C=O) groups is 4. The van der Waals surface area contributed by atoms with Crippen molar-refractivity contribution in [2.75, 3.05) is 13.1 Å². The predicted molar refractivity (Wildman–Crippen MR) is 105 cm³/mol. The van der Waals surface area contributed by atoms with E-state index in [2.05, 4.69) is 10.9 Å². The summed E-state index contributed by atoms with van der Waals surface area (Å²) in [6.07, 6.45) is 5.62. The van der Waals surface area contributed by atoms with E-state index in [0.717, 1.165) is 25.7 Å². The van der Waals surface area contributed by atoms with Gasteiger partial charge in [0.25, 0.3) is 0 Å². The van der Waals surface area contributed by atoms with E-state index in [9.17, 15) is 19.2 Å². The average molecular weight is 421 g/mol. The highest BCUT2D eigenvalue weighted by Crippen LogP contribution is 2.01. The van der Waals surface area contributed by atoms with Gasteiger partial charge in [-0.15, -0.1) is 0 Å². The quantitative estimate of drug-likeness (QED) is 0.123. The molecule has 11 heteroatoms. The summed E-state index contributed by atoms with van der Waals surface area (Å²) in [5, 5.41) is 33.7. The summed E-state index contributed by atoms with van der Waals surface area (Å²) < 4.78 is 0. The molecule has 8 N–H and O–H groups in total. The van der Waals surface area contributed by atoms with E-state index >= 15 is 0 Å². The first kappa shape index (κ1) is 29.0. The highest BCUT2D eigenvalue weighted by Gasteiger charge is 2.15. The number of carboxylic acid groups (broad SMARTS) is 4. The van der Waals surface area contributed by atoms with Gasteiger partial charge >= 0.3 is 23.9 Å². The van der Waals surface area contributed by atoms with Crippen molar-refractivity contribution >= 4 is 23.9 Å². The van der Waals surface area contributed by atoms with Crippen LogP contribution in [0.2, 0.25) is 0 Å². The molecule has 0 saturated carbocycles. The van der Waals surface area contributed by atoms with E-state index in [0.29, 0.717) is 38.8 Å². The zero-order chi connectivity index (χ0) is 22.5. The first-order chi connectivity index (χ1) is 13.7. The highest BCUT2D eigenvalue weighted by molar-refractivity contribution is 5.73. The summed E-state index contributed by atoms with van der Waals surface area (Å²) in [6, 6.07) is -0.606. The lowest BCUT2D eigenvalue weighted by molar-refractivity contribution is -0.140. The average Bonchev–Trinajstić information content (AvgIpc) is 2.63. The van der Waals surface area contributed by atoms with E-state index < -0.39 is 29.9 Å². The third-order valence-electron chi connectivity index (χ3n) is 3.75. The second-order valence-corrected chi connectivity index (χ2v) is 6.45. The van der Waals surface area contributed by atoms with Gasteiger partial charge in [0.2, 0.25) is 0 Å². The summed E-state index contributed by atoms with van der Waals surface area (Å²) in [4.78, 5) is 41.0. The molecule has 0 unspecified atom stereocenters. The Balaban J connectivity index is 0. The largest absolute Gasteiger partial charge is 0.481 e. The number of hydrogen-bond donors (Lipinski definition) is 7. The monoisotopic (exact) mass is 421 g/mol. The minimum Gasteiger partial charge on any atom is -0.481 e. The van der Waals surface area contributed by atoms with Crippen molar-refractivity contribution < 1.29 is 39.6 Å². The van der Waals surface area contributed by atoms with Gasteiger partial charge in [0, 0.05) is 25.8 Å². The minimum absolute atomic E-state index is 0.0628. The Morgan fingerprint density at radius 1 is 0.690 bits per heavy atom. The van der Waals surface area contributed by atoms with E-state index in [4.69, 9.17) is 26.2 Å². The summed E-state index contributed by atoms with van der Waals surface area (Å²) in [5.74, 6) is -3.40. The molecule has 11 nitrogen and oxygen atoms in total. The molecule has 0 aliphatic heterocycles. The molecule has 0 aromatic rings. The molecule has 0 bridgehead atoms. The maximum Gasteiger partial charge on any atom is 0.322 e. The molecule has 0 radical (unpaired) electrons. The summed E-state index contributed by atoms with van der Waals surface area (Å²) in [6.45, 7) is 1.20. The summed E-state index contributed by atoms with van der Waals surface area (Å²) >= 11 is 0. The molecule has 29 heavy (non-hydrogen) atoms. The Hall–Kier alpha value is -2.24. The topological polar surface area (TPSA) is 199 Å². The van der Waals surface area contributed by atoms with Crippen molar-refractivity contribution in [3.63, 3.8) is 0 Å². The van der Waals surface area contributed by atoms with Gasteiger partial charge in [-0.3, -0.25) is 24.6 Å². The summed E-state index contributed by atoms with van der Waals surface area (Å²) in [5.41, 5.74) is 11.0. The molecule has 0 rings (SSSR count). The molecule has 0 aliphatic rings. The Morgan fingerprint density at radius 3 is 1.59 bits per heavy atom. The molecule has 0 aliphatic carbocycles. The maximum absolute atomic E-state index is 10.9. The standard InChI is InChI=1S/C12H25N3O4.C6H10O4/c13-8-4-3-6-10(12(18)19)15-14-9-5-1-2-7-11(16)17;7-5(8)3-1-2-4-6(9)10/h10,14-15H,1-9,13H2,(H,16,17)(H,18,19);1-4H2,(H,7,8)(H,9,10)/t10-;/m0./s1. The third-order valence-corrected chi connectivity index (χ3v) is 3.75. The van der Waals surface area contributed by atoms with Crippen molar-refractivity contribution in [1.29, 1.82) is 0 Å². The molecular formula is C18H35N3O8. The zero-order valence-corrected chi connectivity index (χ0v) is 16.8. The van der Waals surface area contributed by atoms with E-state index in [1.807, 2.05) is 0 Å². The lowest BCUT2D eigenvalue weighted by Crippen LogP contribution is -2.45. The van der Waals surface area contributed by atoms with Crippen LogP contribution in [-0.2, 0) is 19.2 Å². The minimum atomic E-state index is -0.879. The number of nitrogens with two attached hydrogens (primary N) is 1. The molecule has 0 fully saturated rings. The van der Waals surface area contributed by atoms with E-state index in [-0.39, 0.29) is 19.3 Å². The third kappa shape index (κ3) is 25.8. The van der Waals surface area contributed by atoms with Gasteiger partial charge < -0.3 is 26.2 Å². The van der Waals surface area contributed by atoms with Crippen LogP contribution >= 0.6 is 0 Å². The Labute approximate surface area is 170 Å². The maximum atomic E-state index is 10.9. The van der Waals surface area contributed by atoms with Crippen LogP contribution in [0, 0.1) is 0 Å². The van der Waals surface area contributed by atoms with E-state index in [1.165, 1.54) is 0 Å². The fraction of sp³-hybridized carbons (Fsp3) is 0.778. The molecule has 170 valence electrons. The lowest BCUT2D eigenvalue weighted by Gasteiger charge is -2.15. The van der Waals surface area contributed by atoms with E-state index in [1.54, 1.807) is 0 Å². The second-order valence-electron chi connectivity index (χ2n) is 6.45. The van der Waals surface area contributed by atoms with Gasteiger partial charge in [0.15, 0.2) is 0 Å². The number of hydrazine groups is 1. The van der Waals surface area contributed by atoms with Crippen LogP contribution in [0.25, 0.3) is 0 Å². The van der Waals surface area contributed by atoms with Crippen LogP contribution in [-0.4, -0.2) is 63.4 Å². The van der Waals surface area contributed by atoms with Crippen LogP contribution in [0.3, 0.4) is 0 Å². The van der Waals surface area contributed by atoms with Crippen molar-refractivity contribution in [2.24, 2.45) is 5.73 Å². The fourth-order valence-electron chi connectivity index (χ4n) is 2.16. The van der Waals surface area contributed by atoms with Crippen LogP contribution in [0.15, 0.2) is 0 Å². The van der Waals surface area contributed by atoms with Gasteiger partial charge in [0.05, 0.1) is 0 Å². The molecule has 0 heterocycles. The second kappa shape index (κ2) is 20.5. The highest BCUT2D eigenvalue weighted by atomic mass is 16.4. The molecule has 0 aromatic carbocycles. The molecule has 0 amide bonds. The van der Waals surface area contributed by atoms with Gasteiger partial charge in [-0.2, -0.15) is 0 Å². The number of nitrogens with one attached hydrogen (secondary N) is 2. The zero-order valence-electron chi connectivity index (χ0n) is 16.8. The number of aliphatic carboxylic acids is 4. The van der Waals surface area contributed by atoms with Crippen LogP contribution in [0.1, 0.15) is 70.6 Å².